The largest absolute Gasteiger partial charge is 0.508 e. The Morgan fingerprint density at radius 2 is 1.67 bits per heavy atom. The average Bonchev–Trinajstić information content (AvgIpc) is 3.16. The number of ketones is 1. The van der Waals surface area contributed by atoms with Crippen LogP contribution in [0.5, 0.6) is 5.75 Å². The number of phenols is 1. The highest BCUT2D eigenvalue weighted by atomic mass is 32.1. The van der Waals surface area contributed by atoms with E-state index < -0.39 is 11.0 Å². The van der Waals surface area contributed by atoms with Crippen molar-refractivity contribution in [2.24, 2.45) is 11.8 Å². The Hall–Kier alpha value is -1.82. The second-order valence-corrected chi connectivity index (χ2v) is 8.54. The van der Waals surface area contributed by atoms with E-state index in [2.05, 4.69) is 29.7 Å². The molecule has 0 spiro atoms. The van der Waals surface area contributed by atoms with Gasteiger partial charge in [-0.3, -0.25) is 9.69 Å². The molecule has 1 heterocycles. The third kappa shape index (κ3) is 3.91. The lowest BCUT2D eigenvalue weighted by Gasteiger charge is -2.28. The van der Waals surface area contributed by atoms with Crippen molar-refractivity contribution in [1.82, 2.24) is 4.90 Å². The molecule has 2 aromatic rings. The number of aromatic hydroxyl groups is 1. The van der Waals surface area contributed by atoms with E-state index in [1.54, 1.807) is 12.1 Å². The van der Waals surface area contributed by atoms with Gasteiger partial charge in [0.2, 0.25) is 0 Å². The fraction of sp³-hybridized carbons (Fsp3) is 0.409. The number of fused-ring (bicyclic) bond motifs is 1. The number of rotatable bonds is 5. The standard InChI is InChI=1S/C22H25NO3S/c24-19-8-6-16(7-9-19)20(25)21(27)23-13-17-11-22(26,12-18(17)14-23)10-15-4-2-1-3-5-15/h1-9,17-18,21,24,26-27H,10-14H2/t17-,18+,21?,22?. The lowest BCUT2D eigenvalue weighted by atomic mass is 9.91. The average molecular weight is 384 g/mol. The van der Waals surface area contributed by atoms with Gasteiger partial charge in [-0.05, 0) is 54.5 Å². The fourth-order valence-electron chi connectivity index (χ4n) is 4.76. The minimum atomic E-state index is -0.643. The van der Waals surface area contributed by atoms with Gasteiger partial charge in [0.15, 0.2) is 5.78 Å². The van der Waals surface area contributed by atoms with Crippen LogP contribution in [0.25, 0.3) is 0 Å². The number of nitrogens with zero attached hydrogens (tertiary/aromatic N) is 1. The summed E-state index contributed by atoms with van der Waals surface area (Å²) in [6.07, 6.45) is 2.24. The maximum Gasteiger partial charge on any atom is 0.189 e. The van der Waals surface area contributed by atoms with E-state index in [1.165, 1.54) is 17.7 Å². The summed E-state index contributed by atoms with van der Waals surface area (Å²) in [5.41, 5.74) is 1.09. The minimum Gasteiger partial charge on any atom is -0.508 e. The lowest BCUT2D eigenvalue weighted by molar-refractivity contribution is 0.0351. The number of hydrogen-bond acceptors (Lipinski definition) is 5. The molecule has 2 aromatic carbocycles. The van der Waals surface area contributed by atoms with Gasteiger partial charge >= 0.3 is 0 Å². The third-order valence-electron chi connectivity index (χ3n) is 6.00. The van der Waals surface area contributed by atoms with Crippen LogP contribution in [0.2, 0.25) is 0 Å². The van der Waals surface area contributed by atoms with E-state index in [4.69, 9.17) is 0 Å². The van der Waals surface area contributed by atoms with Crippen LogP contribution in [0.4, 0.5) is 0 Å². The van der Waals surface area contributed by atoms with E-state index in [-0.39, 0.29) is 11.5 Å². The molecule has 0 bridgehead atoms. The first-order valence-electron chi connectivity index (χ1n) is 9.45. The quantitative estimate of drug-likeness (QED) is 0.548. The van der Waals surface area contributed by atoms with Gasteiger partial charge in [0, 0.05) is 25.1 Å². The highest BCUT2D eigenvalue weighted by Crippen LogP contribution is 2.46. The fourth-order valence-corrected chi connectivity index (χ4v) is 5.10. The molecular formula is C22H25NO3S. The van der Waals surface area contributed by atoms with Gasteiger partial charge in [-0.1, -0.05) is 30.3 Å². The summed E-state index contributed by atoms with van der Waals surface area (Å²) in [5, 5.41) is 20.0. The van der Waals surface area contributed by atoms with Crippen molar-refractivity contribution in [2.75, 3.05) is 13.1 Å². The predicted octanol–water partition coefficient (Wildman–Crippen LogP) is 3.15. The number of phenolic OH excluding ortho intramolecular Hbond substituents is 1. The Morgan fingerprint density at radius 3 is 2.26 bits per heavy atom. The van der Waals surface area contributed by atoms with Crippen LogP contribution in [-0.2, 0) is 6.42 Å². The van der Waals surface area contributed by atoms with E-state index in [0.29, 0.717) is 23.8 Å². The molecule has 5 heteroatoms. The molecule has 4 rings (SSSR count). The van der Waals surface area contributed by atoms with Crippen LogP contribution in [0.1, 0.15) is 28.8 Å². The first kappa shape index (κ1) is 18.5. The number of carbonyl (C=O) groups is 1. The maximum absolute atomic E-state index is 12.7. The van der Waals surface area contributed by atoms with Crippen molar-refractivity contribution in [2.45, 2.75) is 30.2 Å². The van der Waals surface area contributed by atoms with Gasteiger partial charge in [-0.2, -0.15) is 12.6 Å². The van der Waals surface area contributed by atoms with Crippen LogP contribution < -0.4 is 0 Å². The van der Waals surface area contributed by atoms with Crippen LogP contribution in [0.15, 0.2) is 54.6 Å². The van der Waals surface area contributed by atoms with Crippen LogP contribution in [0.3, 0.4) is 0 Å². The zero-order valence-electron chi connectivity index (χ0n) is 15.2. The molecule has 1 aliphatic heterocycles. The first-order chi connectivity index (χ1) is 12.9. The van der Waals surface area contributed by atoms with Crippen molar-refractivity contribution in [3.8, 4) is 5.75 Å². The third-order valence-corrected chi connectivity index (χ3v) is 6.56. The number of hydrogen-bond donors (Lipinski definition) is 3. The summed E-state index contributed by atoms with van der Waals surface area (Å²) in [7, 11) is 0. The van der Waals surface area contributed by atoms with Crippen LogP contribution >= 0.6 is 12.6 Å². The van der Waals surface area contributed by atoms with Crippen molar-refractivity contribution in [3.05, 3.63) is 65.7 Å². The highest BCUT2D eigenvalue weighted by Gasteiger charge is 2.49. The molecule has 142 valence electrons. The van der Waals surface area contributed by atoms with Crippen molar-refractivity contribution in [1.29, 1.82) is 0 Å². The van der Waals surface area contributed by atoms with Gasteiger partial charge < -0.3 is 10.2 Å². The molecule has 2 fully saturated rings. The lowest BCUT2D eigenvalue weighted by Crippen LogP contribution is -2.38. The van der Waals surface area contributed by atoms with Crippen molar-refractivity contribution < 1.29 is 15.0 Å². The highest BCUT2D eigenvalue weighted by molar-refractivity contribution is 7.81. The SMILES string of the molecule is O=C(c1ccc(O)cc1)C(S)N1C[C@@H]2CC(O)(Cc3ccccc3)C[C@@H]2C1. The molecule has 2 unspecified atom stereocenters. The monoisotopic (exact) mass is 383 g/mol. The second kappa shape index (κ2) is 7.30. The van der Waals surface area contributed by atoms with E-state index >= 15 is 0 Å². The normalized spacial score (nSPS) is 28.8. The minimum absolute atomic E-state index is 0.0437. The number of likely N-dealkylation sites (tertiary alicyclic amines) is 1. The number of Topliss-reactive ketones (excluding diaryl/α,β-unsaturated/α-hetero) is 1. The number of carbonyl (C=O) groups excluding carboxylic acids is 1. The van der Waals surface area contributed by atoms with Crippen molar-refractivity contribution >= 4 is 18.4 Å². The molecule has 2 aliphatic rings. The zero-order chi connectivity index (χ0) is 19.0. The molecule has 1 saturated carbocycles. The van der Waals surface area contributed by atoms with Gasteiger partial charge in [-0.25, -0.2) is 0 Å². The van der Waals surface area contributed by atoms with E-state index in [9.17, 15) is 15.0 Å². The molecule has 4 atom stereocenters. The number of aliphatic hydroxyl groups is 1. The maximum atomic E-state index is 12.7. The Balaban J connectivity index is 1.38. The Morgan fingerprint density at radius 1 is 1.07 bits per heavy atom. The molecular weight excluding hydrogens is 358 g/mol. The molecule has 0 radical (unpaired) electrons. The molecule has 1 saturated heterocycles. The number of benzene rings is 2. The summed E-state index contributed by atoms with van der Waals surface area (Å²) in [6.45, 7) is 1.58. The van der Waals surface area contributed by atoms with Crippen LogP contribution in [-0.4, -0.2) is 45.0 Å². The van der Waals surface area contributed by atoms with Gasteiger partial charge in [-0.15, -0.1) is 0 Å². The smallest absolute Gasteiger partial charge is 0.189 e. The summed E-state index contributed by atoms with van der Waals surface area (Å²) < 4.78 is 0. The van der Waals surface area contributed by atoms with Gasteiger partial charge in [0.05, 0.1) is 5.60 Å². The number of thiol groups is 1. The predicted molar refractivity (Wildman–Crippen MR) is 108 cm³/mol. The van der Waals surface area contributed by atoms with E-state index in [1.807, 2.05) is 18.2 Å². The molecule has 0 aromatic heterocycles. The summed E-state index contributed by atoms with van der Waals surface area (Å²) in [4.78, 5) is 14.8. The first-order valence-corrected chi connectivity index (χ1v) is 9.97. The van der Waals surface area contributed by atoms with Gasteiger partial charge in [0.25, 0.3) is 0 Å². The molecule has 0 amide bonds. The Kier molecular flexibility index (Phi) is 5.01. The van der Waals surface area contributed by atoms with E-state index in [0.717, 1.165) is 25.9 Å². The molecule has 1 aliphatic carbocycles. The summed E-state index contributed by atoms with van der Waals surface area (Å²) in [5.74, 6) is 0.912. The molecule has 27 heavy (non-hydrogen) atoms. The van der Waals surface area contributed by atoms with Gasteiger partial charge in [0.1, 0.15) is 11.1 Å². The Labute approximate surface area is 165 Å². The van der Waals surface area contributed by atoms with Crippen molar-refractivity contribution in [3.63, 3.8) is 0 Å². The molecule has 4 nitrogen and oxygen atoms in total. The topological polar surface area (TPSA) is 60.8 Å². The zero-order valence-corrected chi connectivity index (χ0v) is 16.1. The van der Waals surface area contributed by atoms with Crippen LogP contribution in [0, 0.1) is 11.8 Å². The molecule has 2 N–H and O–H groups in total. The summed E-state index contributed by atoms with van der Waals surface area (Å²) in [6, 6.07) is 16.5. The second-order valence-electron chi connectivity index (χ2n) is 8.05. The Bertz CT molecular complexity index is 794. The summed E-state index contributed by atoms with van der Waals surface area (Å²) >= 11 is 4.58.